The number of aromatic nitrogens is 2. The fourth-order valence-corrected chi connectivity index (χ4v) is 2.41. The van der Waals surface area contributed by atoms with Gasteiger partial charge in [0.1, 0.15) is 0 Å². The van der Waals surface area contributed by atoms with Crippen molar-refractivity contribution in [3.8, 4) is 11.3 Å². The van der Waals surface area contributed by atoms with E-state index in [1.54, 1.807) is 0 Å². The Morgan fingerprint density at radius 3 is 2.47 bits per heavy atom. The molecule has 0 amide bonds. The van der Waals surface area contributed by atoms with Gasteiger partial charge in [0, 0.05) is 37.3 Å². The number of nitrogens with one attached hydrogen (secondary N) is 1. The highest BCUT2D eigenvalue weighted by atomic mass is 35.5. The maximum absolute atomic E-state index is 5.90. The Morgan fingerprint density at radius 2 is 1.79 bits per heavy atom. The van der Waals surface area contributed by atoms with Gasteiger partial charge in [-0.1, -0.05) is 23.7 Å². The minimum Gasteiger partial charge on any atom is -0.353 e. The Bertz CT molecular complexity index is 541. The van der Waals surface area contributed by atoms with Crippen molar-refractivity contribution in [3.05, 3.63) is 35.4 Å². The summed E-state index contributed by atoms with van der Waals surface area (Å²) in [6, 6.07) is 9.91. The van der Waals surface area contributed by atoms with Gasteiger partial charge in [0.05, 0.1) is 5.69 Å². The first-order valence-electron chi connectivity index (χ1n) is 6.47. The summed E-state index contributed by atoms with van der Waals surface area (Å²) >= 11 is 5.90. The first kappa shape index (κ1) is 12.5. The molecule has 2 heterocycles. The maximum atomic E-state index is 5.90. The van der Waals surface area contributed by atoms with Gasteiger partial charge in [0.25, 0.3) is 0 Å². The van der Waals surface area contributed by atoms with Crippen LogP contribution in [0.15, 0.2) is 30.3 Å². The Hall–Kier alpha value is -1.52. The number of aromatic amines is 1. The second-order valence-corrected chi connectivity index (χ2v) is 5.37. The number of halogens is 1. The third-order valence-electron chi connectivity index (χ3n) is 3.55. The van der Waals surface area contributed by atoms with Crippen molar-refractivity contribution in [1.29, 1.82) is 0 Å². The first-order valence-corrected chi connectivity index (χ1v) is 6.85. The van der Waals surface area contributed by atoms with E-state index in [2.05, 4.69) is 33.1 Å². The van der Waals surface area contributed by atoms with E-state index in [1.165, 1.54) is 0 Å². The zero-order valence-corrected chi connectivity index (χ0v) is 11.7. The van der Waals surface area contributed by atoms with Gasteiger partial charge in [-0.15, -0.1) is 0 Å². The third-order valence-corrected chi connectivity index (χ3v) is 3.80. The van der Waals surface area contributed by atoms with Crippen molar-refractivity contribution < 1.29 is 0 Å². The molecule has 5 heteroatoms. The van der Waals surface area contributed by atoms with Crippen molar-refractivity contribution in [2.24, 2.45) is 0 Å². The van der Waals surface area contributed by atoms with Crippen LogP contribution in [0.25, 0.3) is 11.3 Å². The SMILES string of the molecule is CN1CCN(c2cc(-c3ccc(Cl)cc3)[nH]n2)CC1. The van der Waals surface area contributed by atoms with Crippen molar-refractivity contribution >= 4 is 17.4 Å². The number of H-pyrrole nitrogens is 1. The number of likely N-dealkylation sites (N-methyl/N-ethyl adjacent to an activating group) is 1. The van der Waals surface area contributed by atoms with Gasteiger partial charge in [0.2, 0.25) is 0 Å². The molecule has 19 heavy (non-hydrogen) atoms. The minimum absolute atomic E-state index is 0.752. The van der Waals surface area contributed by atoms with Gasteiger partial charge in [-0.2, -0.15) is 5.10 Å². The van der Waals surface area contributed by atoms with Crippen LogP contribution in [0.4, 0.5) is 5.82 Å². The minimum atomic E-state index is 0.752. The van der Waals surface area contributed by atoms with E-state index < -0.39 is 0 Å². The number of hydrogen-bond donors (Lipinski definition) is 1. The molecule has 1 aromatic carbocycles. The number of hydrogen-bond acceptors (Lipinski definition) is 3. The lowest BCUT2D eigenvalue weighted by molar-refractivity contribution is 0.312. The fourth-order valence-electron chi connectivity index (χ4n) is 2.29. The molecule has 1 aromatic heterocycles. The fraction of sp³-hybridized carbons (Fsp3) is 0.357. The predicted octanol–water partition coefficient (Wildman–Crippen LogP) is 2.48. The standard InChI is InChI=1S/C14H17ClN4/c1-18-6-8-19(9-7-18)14-10-13(16-17-14)11-2-4-12(15)5-3-11/h2-5,10H,6-9H2,1H3,(H,16,17). The lowest BCUT2D eigenvalue weighted by Gasteiger charge is -2.32. The molecular formula is C14H17ClN4. The molecule has 0 unspecified atom stereocenters. The highest BCUT2D eigenvalue weighted by Gasteiger charge is 2.16. The van der Waals surface area contributed by atoms with Crippen LogP contribution < -0.4 is 4.90 Å². The average molecular weight is 277 g/mol. The predicted molar refractivity (Wildman–Crippen MR) is 78.7 cm³/mol. The lowest BCUT2D eigenvalue weighted by Crippen LogP contribution is -2.44. The molecule has 100 valence electrons. The quantitative estimate of drug-likeness (QED) is 0.915. The molecule has 0 aliphatic carbocycles. The Balaban J connectivity index is 1.77. The molecule has 4 nitrogen and oxygen atoms in total. The zero-order valence-electron chi connectivity index (χ0n) is 10.9. The van der Waals surface area contributed by atoms with E-state index in [4.69, 9.17) is 11.6 Å². The molecule has 1 N–H and O–H groups in total. The highest BCUT2D eigenvalue weighted by molar-refractivity contribution is 6.30. The summed E-state index contributed by atoms with van der Waals surface area (Å²) in [4.78, 5) is 4.65. The summed E-state index contributed by atoms with van der Waals surface area (Å²) in [6.45, 7) is 4.23. The van der Waals surface area contributed by atoms with Crippen LogP contribution in [0.2, 0.25) is 5.02 Å². The van der Waals surface area contributed by atoms with Crippen molar-refractivity contribution in [1.82, 2.24) is 15.1 Å². The molecule has 3 rings (SSSR count). The van der Waals surface area contributed by atoms with Gasteiger partial charge in [0.15, 0.2) is 5.82 Å². The molecule has 2 aromatic rings. The first-order chi connectivity index (χ1) is 9.22. The number of piperazine rings is 1. The molecule has 1 fully saturated rings. The van der Waals surface area contributed by atoms with Gasteiger partial charge >= 0.3 is 0 Å². The summed E-state index contributed by atoms with van der Waals surface area (Å²) in [5.74, 6) is 1.03. The monoisotopic (exact) mass is 276 g/mol. The Labute approximate surface area is 118 Å². The molecule has 1 aliphatic heterocycles. The van der Waals surface area contributed by atoms with Gasteiger partial charge < -0.3 is 9.80 Å². The second-order valence-electron chi connectivity index (χ2n) is 4.94. The Morgan fingerprint density at radius 1 is 1.11 bits per heavy atom. The van der Waals surface area contributed by atoms with Crippen LogP contribution >= 0.6 is 11.6 Å². The normalized spacial score (nSPS) is 16.8. The molecular weight excluding hydrogens is 260 g/mol. The van der Waals surface area contributed by atoms with Crippen molar-refractivity contribution in [2.45, 2.75) is 0 Å². The van der Waals surface area contributed by atoms with Crippen LogP contribution in [0.3, 0.4) is 0 Å². The van der Waals surface area contributed by atoms with Crippen LogP contribution in [0, 0.1) is 0 Å². The van der Waals surface area contributed by atoms with Crippen LogP contribution in [-0.2, 0) is 0 Å². The topological polar surface area (TPSA) is 35.2 Å². The summed E-state index contributed by atoms with van der Waals surface area (Å²) in [7, 11) is 2.15. The number of benzene rings is 1. The summed E-state index contributed by atoms with van der Waals surface area (Å²) < 4.78 is 0. The summed E-state index contributed by atoms with van der Waals surface area (Å²) in [5, 5.41) is 8.27. The van der Waals surface area contributed by atoms with Crippen LogP contribution in [0.1, 0.15) is 0 Å². The second kappa shape index (κ2) is 5.23. The molecule has 0 radical (unpaired) electrons. The van der Waals surface area contributed by atoms with Crippen LogP contribution in [0.5, 0.6) is 0 Å². The van der Waals surface area contributed by atoms with Crippen molar-refractivity contribution in [3.63, 3.8) is 0 Å². The molecule has 0 spiro atoms. The van der Waals surface area contributed by atoms with Gasteiger partial charge in [-0.25, -0.2) is 0 Å². The molecule has 0 bridgehead atoms. The Kier molecular flexibility index (Phi) is 3.44. The van der Waals surface area contributed by atoms with E-state index in [0.29, 0.717) is 0 Å². The van der Waals surface area contributed by atoms with E-state index in [0.717, 1.165) is 48.3 Å². The van der Waals surface area contributed by atoms with Gasteiger partial charge in [-0.3, -0.25) is 5.10 Å². The van der Waals surface area contributed by atoms with E-state index in [-0.39, 0.29) is 0 Å². The third kappa shape index (κ3) is 2.74. The van der Waals surface area contributed by atoms with Gasteiger partial charge in [-0.05, 0) is 24.7 Å². The van der Waals surface area contributed by atoms with Crippen molar-refractivity contribution in [2.75, 3.05) is 38.1 Å². The van der Waals surface area contributed by atoms with E-state index in [9.17, 15) is 0 Å². The lowest BCUT2D eigenvalue weighted by atomic mass is 10.1. The molecule has 0 saturated carbocycles. The summed E-state index contributed by atoms with van der Waals surface area (Å²) in [5.41, 5.74) is 2.14. The number of rotatable bonds is 2. The molecule has 1 saturated heterocycles. The molecule has 1 aliphatic rings. The summed E-state index contributed by atoms with van der Waals surface area (Å²) in [6.07, 6.45) is 0. The average Bonchev–Trinajstić information content (AvgIpc) is 2.90. The zero-order chi connectivity index (χ0) is 13.2. The highest BCUT2D eigenvalue weighted by Crippen LogP contribution is 2.23. The smallest absolute Gasteiger partial charge is 0.151 e. The molecule has 0 atom stereocenters. The van der Waals surface area contributed by atoms with E-state index >= 15 is 0 Å². The van der Waals surface area contributed by atoms with E-state index in [1.807, 2.05) is 24.3 Å². The maximum Gasteiger partial charge on any atom is 0.151 e. The van der Waals surface area contributed by atoms with Crippen LogP contribution in [-0.4, -0.2) is 48.3 Å². The number of anilines is 1. The number of nitrogens with zero attached hydrogens (tertiary/aromatic N) is 3. The largest absolute Gasteiger partial charge is 0.353 e.